The van der Waals surface area contributed by atoms with E-state index in [-0.39, 0.29) is 25.0 Å². The monoisotopic (exact) mass is 344 g/mol. The Bertz CT molecular complexity index is 451. The SMILES string of the molecule is O=C1OCC(C(=O)NCCCCCCNC(=O)C2COC(=O)O2)O1. The molecule has 134 valence electrons. The van der Waals surface area contributed by atoms with Gasteiger partial charge < -0.3 is 29.6 Å². The summed E-state index contributed by atoms with van der Waals surface area (Å²) in [6.45, 7) is 0.862. The van der Waals surface area contributed by atoms with E-state index >= 15 is 0 Å². The molecule has 2 heterocycles. The molecule has 2 aliphatic heterocycles. The second-order valence-electron chi connectivity index (χ2n) is 5.33. The van der Waals surface area contributed by atoms with Crippen LogP contribution in [0.15, 0.2) is 0 Å². The van der Waals surface area contributed by atoms with Gasteiger partial charge in [0.15, 0.2) is 0 Å². The summed E-state index contributed by atoms with van der Waals surface area (Å²) in [6.07, 6.45) is -0.0722. The minimum atomic E-state index is -0.860. The second-order valence-corrected chi connectivity index (χ2v) is 5.33. The molecule has 2 aliphatic rings. The molecule has 0 radical (unpaired) electrons. The summed E-state index contributed by atoms with van der Waals surface area (Å²) in [5.41, 5.74) is 0. The lowest BCUT2D eigenvalue weighted by Crippen LogP contribution is -2.37. The van der Waals surface area contributed by atoms with Crippen molar-refractivity contribution in [2.75, 3.05) is 26.3 Å². The van der Waals surface area contributed by atoms with Crippen LogP contribution < -0.4 is 10.6 Å². The quantitative estimate of drug-likeness (QED) is 0.436. The Balaban J connectivity index is 1.41. The minimum Gasteiger partial charge on any atom is -0.430 e. The molecule has 0 saturated carbocycles. The Kier molecular flexibility index (Phi) is 6.64. The van der Waals surface area contributed by atoms with Crippen molar-refractivity contribution >= 4 is 24.1 Å². The van der Waals surface area contributed by atoms with E-state index in [1.807, 2.05) is 0 Å². The smallest absolute Gasteiger partial charge is 0.430 e. The number of cyclic esters (lactones) is 4. The van der Waals surface area contributed by atoms with Gasteiger partial charge in [0.05, 0.1) is 0 Å². The maximum atomic E-state index is 11.6. The van der Waals surface area contributed by atoms with Crippen LogP contribution in [0.2, 0.25) is 0 Å². The summed E-state index contributed by atoms with van der Waals surface area (Å²) in [4.78, 5) is 44.6. The van der Waals surface area contributed by atoms with Crippen molar-refractivity contribution in [2.45, 2.75) is 37.9 Å². The van der Waals surface area contributed by atoms with Gasteiger partial charge in [-0.2, -0.15) is 0 Å². The van der Waals surface area contributed by atoms with Crippen LogP contribution >= 0.6 is 0 Å². The Morgan fingerprint density at radius 3 is 1.54 bits per heavy atom. The van der Waals surface area contributed by atoms with E-state index in [0.717, 1.165) is 25.7 Å². The first-order chi connectivity index (χ1) is 11.6. The topological polar surface area (TPSA) is 129 Å². The van der Waals surface area contributed by atoms with Crippen LogP contribution in [0.4, 0.5) is 9.59 Å². The number of rotatable bonds is 9. The van der Waals surface area contributed by atoms with Gasteiger partial charge in [0.25, 0.3) is 11.8 Å². The molecule has 0 aromatic heterocycles. The van der Waals surface area contributed by atoms with Gasteiger partial charge in [-0.25, -0.2) is 9.59 Å². The van der Waals surface area contributed by atoms with Gasteiger partial charge in [0.2, 0.25) is 12.2 Å². The molecule has 10 nitrogen and oxygen atoms in total. The van der Waals surface area contributed by atoms with Crippen molar-refractivity contribution in [1.82, 2.24) is 10.6 Å². The maximum absolute atomic E-state index is 11.6. The molecule has 0 spiro atoms. The molecule has 2 N–H and O–H groups in total. The van der Waals surface area contributed by atoms with Crippen LogP contribution in [0, 0.1) is 0 Å². The summed E-state index contributed by atoms with van der Waals surface area (Å²) in [5, 5.41) is 5.33. The largest absolute Gasteiger partial charge is 0.509 e. The number of ether oxygens (including phenoxy) is 4. The van der Waals surface area contributed by atoms with Gasteiger partial charge in [-0.3, -0.25) is 9.59 Å². The van der Waals surface area contributed by atoms with E-state index in [9.17, 15) is 19.2 Å². The van der Waals surface area contributed by atoms with E-state index in [2.05, 4.69) is 29.6 Å². The highest BCUT2D eigenvalue weighted by Crippen LogP contribution is 2.07. The van der Waals surface area contributed by atoms with Gasteiger partial charge in [-0.15, -0.1) is 0 Å². The number of carbonyl (C=O) groups excluding carboxylic acids is 4. The van der Waals surface area contributed by atoms with Gasteiger partial charge in [0, 0.05) is 13.1 Å². The number of amides is 2. The highest BCUT2D eigenvalue weighted by atomic mass is 16.8. The highest BCUT2D eigenvalue weighted by Gasteiger charge is 2.31. The lowest BCUT2D eigenvalue weighted by atomic mass is 10.2. The average molecular weight is 344 g/mol. The fraction of sp³-hybridized carbons (Fsp3) is 0.714. The van der Waals surface area contributed by atoms with E-state index < -0.39 is 24.5 Å². The molecule has 0 aromatic rings. The van der Waals surface area contributed by atoms with Crippen LogP contribution in [0.1, 0.15) is 25.7 Å². The molecule has 10 heteroatoms. The van der Waals surface area contributed by atoms with E-state index in [1.165, 1.54) is 0 Å². The molecule has 0 bridgehead atoms. The normalized spacial score (nSPS) is 22.2. The average Bonchev–Trinajstić information content (AvgIpc) is 3.18. The minimum absolute atomic E-state index is 0.0499. The van der Waals surface area contributed by atoms with Crippen molar-refractivity contribution in [3.63, 3.8) is 0 Å². The molecule has 2 unspecified atom stereocenters. The predicted molar refractivity (Wildman–Crippen MR) is 76.9 cm³/mol. The highest BCUT2D eigenvalue weighted by molar-refractivity contribution is 5.84. The Labute approximate surface area is 138 Å². The summed E-state index contributed by atoms with van der Waals surface area (Å²) < 4.78 is 18.4. The molecule has 0 aromatic carbocycles. The van der Waals surface area contributed by atoms with Gasteiger partial charge >= 0.3 is 12.3 Å². The van der Waals surface area contributed by atoms with Crippen molar-refractivity contribution in [1.29, 1.82) is 0 Å². The van der Waals surface area contributed by atoms with Crippen LogP contribution in [-0.2, 0) is 28.5 Å². The standard InChI is InChI=1S/C14H20N2O8/c17-11(9-7-21-13(19)23-9)15-5-3-1-2-4-6-16-12(18)10-8-22-14(20)24-10/h9-10H,1-8H2,(H,15,17)(H,16,18). The molecule has 24 heavy (non-hydrogen) atoms. The molecule has 0 aliphatic carbocycles. The molecular weight excluding hydrogens is 324 g/mol. The first-order valence-electron chi connectivity index (χ1n) is 7.78. The second kappa shape index (κ2) is 8.94. The van der Waals surface area contributed by atoms with Crippen molar-refractivity contribution < 1.29 is 38.1 Å². The summed E-state index contributed by atoms with van der Waals surface area (Å²) in [5.74, 6) is -0.720. The van der Waals surface area contributed by atoms with E-state index in [1.54, 1.807) is 0 Å². The maximum Gasteiger partial charge on any atom is 0.509 e. The van der Waals surface area contributed by atoms with Crippen LogP contribution in [0.5, 0.6) is 0 Å². The lowest BCUT2D eigenvalue weighted by molar-refractivity contribution is -0.128. The first-order valence-corrected chi connectivity index (χ1v) is 7.78. The summed E-state index contributed by atoms with van der Waals surface area (Å²) in [6, 6.07) is 0. The zero-order valence-electron chi connectivity index (χ0n) is 13.1. The number of nitrogens with one attached hydrogen (secondary N) is 2. The summed E-state index contributed by atoms with van der Waals surface area (Å²) in [7, 11) is 0. The Hall–Kier alpha value is -2.52. The molecule has 2 fully saturated rings. The number of hydrogen-bond acceptors (Lipinski definition) is 8. The molecule has 2 rings (SSSR count). The Morgan fingerprint density at radius 2 is 1.21 bits per heavy atom. The van der Waals surface area contributed by atoms with Gasteiger partial charge in [0.1, 0.15) is 13.2 Å². The zero-order chi connectivity index (χ0) is 17.4. The third-order valence-corrected chi connectivity index (χ3v) is 3.47. The molecule has 2 amide bonds. The van der Waals surface area contributed by atoms with Crippen LogP contribution in [-0.4, -0.2) is 62.6 Å². The number of unbranched alkanes of at least 4 members (excludes halogenated alkanes) is 3. The van der Waals surface area contributed by atoms with Crippen molar-refractivity contribution in [3.05, 3.63) is 0 Å². The van der Waals surface area contributed by atoms with E-state index in [0.29, 0.717) is 13.1 Å². The fourth-order valence-corrected chi connectivity index (χ4v) is 2.17. The molecule has 2 atom stereocenters. The third kappa shape index (κ3) is 5.60. The van der Waals surface area contributed by atoms with Gasteiger partial charge in [-0.1, -0.05) is 12.8 Å². The first kappa shape index (κ1) is 17.8. The van der Waals surface area contributed by atoms with Crippen molar-refractivity contribution in [2.24, 2.45) is 0 Å². The summed E-state index contributed by atoms with van der Waals surface area (Å²) >= 11 is 0. The molecule has 2 saturated heterocycles. The fourth-order valence-electron chi connectivity index (χ4n) is 2.17. The van der Waals surface area contributed by atoms with Gasteiger partial charge in [-0.05, 0) is 12.8 Å². The zero-order valence-corrected chi connectivity index (χ0v) is 13.1. The predicted octanol–water partition coefficient (Wildman–Crippen LogP) is -0.150. The van der Waals surface area contributed by atoms with Crippen LogP contribution in [0.25, 0.3) is 0 Å². The van der Waals surface area contributed by atoms with Crippen LogP contribution in [0.3, 0.4) is 0 Å². The molecular formula is C14H20N2O8. The Morgan fingerprint density at radius 1 is 0.792 bits per heavy atom. The lowest BCUT2D eigenvalue weighted by Gasteiger charge is -2.09. The van der Waals surface area contributed by atoms with E-state index in [4.69, 9.17) is 0 Å². The third-order valence-electron chi connectivity index (χ3n) is 3.47. The number of hydrogen-bond donors (Lipinski definition) is 2. The number of carbonyl (C=O) groups is 4. The van der Waals surface area contributed by atoms with Crippen molar-refractivity contribution in [3.8, 4) is 0 Å².